The maximum atomic E-state index is 6.09. The van der Waals surface area contributed by atoms with Crippen molar-refractivity contribution in [1.82, 2.24) is 19.7 Å². The first-order valence-corrected chi connectivity index (χ1v) is 7.47. The Morgan fingerprint density at radius 3 is 2.42 bits per heavy atom. The monoisotopic (exact) mass is 317 g/mol. The molecule has 6 heteroatoms. The van der Waals surface area contributed by atoms with Crippen LogP contribution in [0.15, 0.2) is 60.8 Å². The van der Waals surface area contributed by atoms with Crippen molar-refractivity contribution in [2.45, 2.75) is 0 Å². The molecule has 0 atom stereocenters. The minimum atomic E-state index is 0.362. The number of anilines is 1. The molecule has 0 aliphatic heterocycles. The first kappa shape index (κ1) is 14.2. The van der Waals surface area contributed by atoms with Crippen molar-refractivity contribution in [1.29, 1.82) is 0 Å². The standard InChI is InChI=1S/C18H15N5O/c1-24-14-9-7-12(8-10-14)18-20-15-11-23(13-5-3-2-4-6-13)22-16(15)17(19)21-18/h2-11H,1H3,(H2,19,20,21). The van der Waals surface area contributed by atoms with Crippen LogP contribution in [0.1, 0.15) is 0 Å². The predicted molar refractivity (Wildman–Crippen MR) is 93.1 cm³/mol. The molecular weight excluding hydrogens is 302 g/mol. The minimum Gasteiger partial charge on any atom is -0.497 e. The smallest absolute Gasteiger partial charge is 0.162 e. The maximum absolute atomic E-state index is 6.09. The molecule has 4 aromatic rings. The lowest BCUT2D eigenvalue weighted by Crippen LogP contribution is -1.98. The van der Waals surface area contributed by atoms with E-state index in [0.717, 1.165) is 17.0 Å². The third-order valence-corrected chi connectivity index (χ3v) is 3.76. The quantitative estimate of drug-likeness (QED) is 0.628. The Labute approximate surface area is 138 Å². The highest BCUT2D eigenvalue weighted by atomic mass is 16.5. The van der Waals surface area contributed by atoms with Gasteiger partial charge < -0.3 is 10.5 Å². The summed E-state index contributed by atoms with van der Waals surface area (Å²) in [5.41, 5.74) is 9.21. The van der Waals surface area contributed by atoms with Gasteiger partial charge in [-0.2, -0.15) is 5.10 Å². The summed E-state index contributed by atoms with van der Waals surface area (Å²) >= 11 is 0. The summed E-state index contributed by atoms with van der Waals surface area (Å²) in [7, 11) is 1.63. The lowest BCUT2D eigenvalue weighted by molar-refractivity contribution is 0.415. The number of hydrogen-bond acceptors (Lipinski definition) is 5. The number of methoxy groups -OCH3 is 1. The molecule has 0 aliphatic carbocycles. The van der Waals surface area contributed by atoms with Gasteiger partial charge in [0.05, 0.1) is 19.0 Å². The van der Waals surface area contributed by atoms with Crippen LogP contribution in [0.25, 0.3) is 28.1 Å². The molecule has 2 N–H and O–H groups in total. The second-order valence-corrected chi connectivity index (χ2v) is 5.30. The van der Waals surface area contributed by atoms with E-state index in [1.54, 1.807) is 11.8 Å². The largest absolute Gasteiger partial charge is 0.497 e. The van der Waals surface area contributed by atoms with E-state index in [9.17, 15) is 0 Å². The van der Waals surface area contributed by atoms with Crippen LogP contribution in [0.5, 0.6) is 5.75 Å². The van der Waals surface area contributed by atoms with Crippen molar-refractivity contribution in [3.8, 4) is 22.8 Å². The number of rotatable bonds is 3. The number of nitrogens with zero attached hydrogens (tertiary/aromatic N) is 4. The van der Waals surface area contributed by atoms with E-state index in [-0.39, 0.29) is 0 Å². The van der Waals surface area contributed by atoms with E-state index in [1.807, 2.05) is 60.8 Å². The number of aromatic nitrogens is 4. The van der Waals surface area contributed by atoms with Gasteiger partial charge in [0.25, 0.3) is 0 Å². The van der Waals surface area contributed by atoms with Gasteiger partial charge in [-0.25, -0.2) is 14.6 Å². The molecule has 2 aromatic heterocycles. The maximum Gasteiger partial charge on any atom is 0.162 e. The molecule has 118 valence electrons. The molecule has 0 saturated carbocycles. The fourth-order valence-corrected chi connectivity index (χ4v) is 2.52. The summed E-state index contributed by atoms with van der Waals surface area (Å²) in [6.45, 7) is 0. The van der Waals surface area contributed by atoms with Crippen LogP contribution in [0.3, 0.4) is 0 Å². The lowest BCUT2D eigenvalue weighted by Gasteiger charge is -2.03. The average molecular weight is 317 g/mol. The van der Waals surface area contributed by atoms with Crippen LogP contribution in [0.4, 0.5) is 5.82 Å². The molecule has 2 heterocycles. The molecule has 0 fully saturated rings. The van der Waals surface area contributed by atoms with Crippen LogP contribution in [0, 0.1) is 0 Å². The molecular formula is C18H15N5O. The molecule has 0 bridgehead atoms. The lowest BCUT2D eigenvalue weighted by atomic mass is 10.2. The van der Waals surface area contributed by atoms with Crippen molar-refractivity contribution in [2.24, 2.45) is 0 Å². The van der Waals surface area contributed by atoms with Crippen LogP contribution in [0.2, 0.25) is 0 Å². The zero-order valence-corrected chi connectivity index (χ0v) is 13.0. The number of fused-ring (bicyclic) bond motifs is 1. The second-order valence-electron chi connectivity index (χ2n) is 5.30. The normalized spacial score (nSPS) is 10.9. The third kappa shape index (κ3) is 2.44. The number of hydrogen-bond donors (Lipinski definition) is 1. The van der Waals surface area contributed by atoms with Gasteiger partial charge in [0.15, 0.2) is 17.2 Å². The van der Waals surface area contributed by atoms with Gasteiger partial charge in [-0.1, -0.05) is 18.2 Å². The van der Waals surface area contributed by atoms with Gasteiger partial charge in [-0.15, -0.1) is 0 Å². The third-order valence-electron chi connectivity index (χ3n) is 3.76. The number of ether oxygens (including phenoxy) is 1. The predicted octanol–water partition coefficient (Wildman–Crippen LogP) is 3.07. The molecule has 24 heavy (non-hydrogen) atoms. The Hall–Kier alpha value is -3.41. The van der Waals surface area contributed by atoms with Gasteiger partial charge in [0.1, 0.15) is 11.3 Å². The second kappa shape index (κ2) is 5.66. The molecule has 0 amide bonds. The van der Waals surface area contributed by atoms with Crippen LogP contribution < -0.4 is 10.5 Å². The van der Waals surface area contributed by atoms with E-state index >= 15 is 0 Å². The van der Waals surface area contributed by atoms with Gasteiger partial charge in [-0.05, 0) is 36.4 Å². The fraction of sp³-hybridized carbons (Fsp3) is 0.0556. The van der Waals surface area contributed by atoms with Crippen molar-refractivity contribution in [2.75, 3.05) is 12.8 Å². The molecule has 0 saturated heterocycles. The highest BCUT2D eigenvalue weighted by molar-refractivity contribution is 5.85. The van der Waals surface area contributed by atoms with Crippen molar-refractivity contribution < 1.29 is 4.74 Å². The molecule has 2 aromatic carbocycles. The number of nitrogen functional groups attached to an aromatic ring is 1. The summed E-state index contributed by atoms with van der Waals surface area (Å²) < 4.78 is 6.93. The summed E-state index contributed by atoms with van der Waals surface area (Å²) in [5.74, 6) is 1.71. The van der Waals surface area contributed by atoms with Crippen LogP contribution in [-0.2, 0) is 0 Å². The highest BCUT2D eigenvalue weighted by Crippen LogP contribution is 2.24. The summed E-state index contributed by atoms with van der Waals surface area (Å²) in [6, 6.07) is 17.4. The van der Waals surface area contributed by atoms with E-state index in [1.165, 1.54) is 0 Å². The summed E-state index contributed by atoms with van der Waals surface area (Å²) in [4.78, 5) is 8.98. The zero-order chi connectivity index (χ0) is 16.5. The van der Waals surface area contributed by atoms with Crippen LogP contribution >= 0.6 is 0 Å². The zero-order valence-electron chi connectivity index (χ0n) is 13.0. The molecule has 6 nitrogen and oxygen atoms in total. The first-order chi connectivity index (χ1) is 11.7. The van der Waals surface area contributed by atoms with Gasteiger partial charge >= 0.3 is 0 Å². The molecule has 0 aliphatic rings. The first-order valence-electron chi connectivity index (χ1n) is 7.47. The summed E-state index contributed by atoms with van der Waals surface area (Å²) in [5, 5.41) is 4.49. The van der Waals surface area contributed by atoms with Gasteiger partial charge in [0, 0.05) is 5.56 Å². The summed E-state index contributed by atoms with van der Waals surface area (Å²) in [6.07, 6.45) is 1.86. The Kier molecular flexibility index (Phi) is 3.35. The minimum absolute atomic E-state index is 0.362. The number of para-hydroxylation sites is 1. The van der Waals surface area contributed by atoms with E-state index in [2.05, 4.69) is 15.1 Å². The van der Waals surface area contributed by atoms with Gasteiger partial charge in [0.2, 0.25) is 0 Å². The molecule has 0 spiro atoms. The van der Waals surface area contributed by atoms with E-state index in [4.69, 9.17) is 10.5 Å². The Morgan fingerprint density at radius 1 is 0.958 bits per heavy atom. The topological polar surface area (TPSA) is 78.9 Å². The molecule has 0 radical (unpaired) electrons. The van der Waals surface area contributed by atoms with Crippen molar-refractivity contribution >= 4 is 16.9 Å². The number of nitrogens with two attached hydrogens (primary N) is 1. The Balaban J connectivity index is 1.81. The molecule has 0 unspecified atom stereocenters. The Bertz CT molecular complexity index is 993. The van der Waals surface area contributed by atoms with E-state index < -0.39 is 0 Å². The fourth-order valence-electron chi connectivity index (χ4n) is 2.52. The SMILES string of the molecule is COc1ccc(-c2nc(N)c3nn(-c4ccccc4)cc3n2)cc1. The van der Waals surface area contributed by atoms with Crippen molar-refractivity contribution in [3.05, 3.63) is 60.8 Å². The van der Waals surface area contributed by atoms with E-state index in [0.29, 0.717) is 22.7 Å². The molecule has 4 rings (SSSR count). The highest BCUT2D eigenvalue weighted by Gasteiger charge is 2.12. The number of benzene rings is 2. The average Bonchev–Trinajstić information content (AvgIpc) is 3.07. The van der Waals surface area contributed by atoms with Crippen molar-refractivity contribution in [3.63, 3.8) is 0 Å². The van der Waals surface area contributed by atoms with Crippen LogP contribution in [-0.4, -0.2) is 26.9 Å². The Morgan fingerprint density at radius 2 is 1.71 bits per heavy atom. The van der Waals surface area contributed by atoms with Gasteiger partial charge in [-0.3, -0.25) is 0 Å².